The van der Waals surface area contributed by atoms with Crippen LogP contribution in [0.25, 0.3) is 0 Å². The Hall–Kier alpha value is -2.74. The van der Waals surface area contributed by atoms with Gasteiger partial charge in [0, 0.05) is 32.7 Å². The number of pyridine rings is 1. The number of carbonyl (C=O) groups excluding carboxylic acids is 1. The van der Waals surface area contributed by atoms with Gasteiger partial charge in [0.05, 0.1) is 24.6 Å². The average Bonchev–Trinajstić information content (AvgIpc) is 3.24. The number of rotatable bonds is 12. The lowest BCUT2D eigenvalue weighted by Crippen LogP contribution is -2.29. The van der Waals surface area contributed by atoms with Crippen molar-refractivity contribution >= 4 is 11.7 Å². The zero-order chi connectivity index (χ0) is 24.8. The molecular formula is C27H35F2N3O3. The highest BCUT2D eigenvalue weighted by Gasteiger charge is 2.57. The fourth-order valence-corrected chi connectivity index (χ4v) is 4.51. The van der Waals surface area contributed by atoms with Crippen molar-refractivity contribution in [3.05, 3.63) is 53.7 Å². The van der Waals surface area contributed by atoms with Gasteiger partial charge in [0.1, 0.15) is 11.6 Å². The summed E-state index contributed by atoms with van der Waals surface area (Å²) < 4.78 is 31.4. The van der Waals surface area contributed by atoms with Crippen molar-refractivity contribution in [1.82, 2.24) is 10.3 Å². The van der Waals surface area contributed by atoms with Gasteiger partial charge in [-0.2, -0.15) is 0 Å². The minimum absolute atomic E-state index is 0.0186. The largest absolute Gasteiger partial charge is 0.491 e. The summed E-state index contributed by atoms with van der Waals surface area (Å²) in [5.74, 6) is -1.45. The van der Waals surface area contributed by atoms with E-state index in [0.717, 1.165) is 43.7 Å². The van der Waals surface area contributed by atoms with Gasteiger partial charge in [0.15, 0.2) is 0 Å². The van der Waals surface area contributed by atoms with Crippen LogP contribution in [0.15, 0.2) is 42.6 Å². The highest BCUT2D eigenvalue weighted by molar-refractivity contribution is 5.83. The quantitative estimate of drug-likeness (QED) is 0.440. The first-order chi connectivity index (χ1) is 16.9. The van der Waals surface area contributed by atoms with Crippen molar-refractivity contribution in [2.24, 2.45) is 11.8 Å². The summed E-state index contributed by atoms with van der Waals surface area (Å²) in [6.45, 7) is 4.41. The normalized spacial score (nSPS) is 21.5. The Kier molecular flexibility index (Phi) is 8.21. The number of benzene rings is 1. The number of hydrogen-bond donors (Lipinski definition) is 2. The maximum absolute atomic E-state index is 13.0. The third-order valence-corrected chi connectivity index (χ3v) is 7.09. The van der Waals surface area contributed by atoms with Gasteiger partial charge in [-0.25, -0.2) is 13.8 Å². The van der Waals surface area contributed by atoms with E-state index in [9.17, 15) is 13.6 Å². The number of amides is 1. The molecule has 0 spiro atoms. The molecule has 2 aromatic rings. The number of aliphatic hydroxyl groups is 1. The van der Waals surface area contributed by atoms with Gasteiger partial charge >= 0.3 is 0 Å². The molecule has 3 atom stereocenters. The molecule has 2 fully saturated rings. The Balaban J connectivity index is 1.19. The van der Waals surface area contributed by atoms with Crippen molar-refractivity contribution in [3.8, 4) is 5.75 Å². The number of aliphatic hydroxyl groups excluding tert-OH is 1. The SMILES string of the molecule is CC(C(=O)NCCCO)c1ccc(CC[C@@H]2CCN(c3ccc(OCC4CC4(F)F)cn3)C2)cc1. The molecule has 1 aromatic heterocycles. The van der Waals surface area contributed by atoms with Crippen LogP contribution in [-0.4, -0.2) is 54.8 Å². The number of nitrogens with one attached hydrogen (secondary N) is 1. The Morgan fingerprint density at radius 1 is 1.29 bits per heavy atom. The summed E-state index contributed by atoms with van der Waals surface area (Å²) in [5.41, 5.74) is 2.26. The van der Waals surface area contributed by atoms with Crippen LogP contribution in [-0.2, 0) is 11.2 Å². The van der Waals surface area contributed by atoms with Gasteiger partial charge < -0.3 is 20.1 Å². The van der Waals surface area contributed by atoms with Crippen LogP contribution in [0.1, 0.15) is 49.7 Å². The molecule has 1 aliphatic carbocycles. The second kappa shape index (κ2) is 11.3. The third-order valence-electron chi connectivity index (χ3n) is 7.09. The lowest BCUT2D eigenvalue weighted by Gasteiger charge is -2.18. The molecule has 0 bridgehead atoms. The standard InChI is InChI=1S/C27H35F2N3O3/c1-19(26(34)30-12-2-14-33)22-7-5-20(6-8-22)3-4-21-11-13-32(17-21)25-10-9-24(16-31-25)35-18-23-15-27(23,28)29/h5-10,16,19,21,23,33H,2-4,11-15,17-18H2,1H3,(H,30,34)/t19?,21-,23?/m1/s1. The molecule has 35 heavy (non-hydrogen) atoms. The fraction of sp³-hybridized carbons (Fsp3) is 0.556. The lowest BCUT2D eigenvalue weighted by molar-refractivity contribution is -0.122. The van der Waals surface area contributed by atoms with Crippen LogP contribution in [0, 0.1) is 11.8 Å². The maximum Gasteiger partial charge on any atom is 0.255 e. The predicted molar refractivity (Wildman–Crippen MR) is 131 cm³/mol. The summed E-state index contributed by atoms with van der Waals surface area (Å²) in [6, 6.07) is 12.0. The first-order valence-electron chi connectivity index (χ1n) is 12.5. The Morgan fingerprint density at radius 2 is 2.06 bits per heavy atom. The molecule has 2 heterocycles. The zero-order valence-corrected chi connectivity index (χ0v) is 20.3. The van der Waals surface area contributed by atoms with E-state index in [0.29, 0.717) is 24.6 Å². The number of halogens is 2. The minimum atomic E-state index is -2.56. The molecule has 2 aliphatic rings. The molecule has 1 aromatic carbocycles. The van der Waals surface area contributed by atoms with Crippen LogP contribution >= 0.6 is 0 Å². The monoisotopic (exact) mass is 487 g/mol. The third kappa shape index (κ3) is 6.90. The smallest absolute Gasteiger partial charge is 0.255 e. The lowest BCUT2D eigenvalue weighted by atomic mass is 9.95. The molecule has 1 saturated carbocycles. The molecule has 2 N–H and O–H groups in total. The van der Waals surface area contributed by atoms with E-state index in [4.69, 9.17) is 9.84 Å². The second-order valence-electron chi connectivity index (χ2n) is 9.80. The van der Waals surface area contributed by atoms with Crippen LogP contribution < -0.4 is 15.0 Å². The van der Waals surface area contributed by atoms with Crippen molar-refractivity contribution in [2.45, 2.75) is 50.9 Å². The van der Waals surface area contributed by atoms with Crippen LogP contribution in [0.5, 0.6) is 5.75 Å². The molecule has 1 aliphatic heterocycles. The van der Waals surface area contributed by atoms with E-state index in [1.54, 1.807) is 6.20 Å². The predicted octanol–water partition coefficient (Wildman–Crippen LogP) is 4.18. The molecule has 190 valence electrons. The molecule has 1 amide bonds. The molecule has 6 nitrogen and oxygen atoms in total. The highest BCUT2D eigenvalue weighted by Crippen LogP contribution is 2.48. The zero-order valence-electron chi connectivity index (χ0n) is 20.3. The molecule has 1 saturated heterocycles. The number of anilines is 1. The topological polar surface area (TPSA) is 74.7 Å². The van der Waals surface area contributed by atoms with Gasteiger partial charge in [-0.3, -0.25) is 4.79 Å². The maximum atomic E-state index is 13.0. The van der Waals surface area contributed by atoms with E-state index in [2.05, 4.69) is 27.3 Å². The molecule has 2 unspecified atom stereocenters. The van der Waals surface area contributed by atoms with Crippen molar-refractivity contribution in [2.75, 3.05) is 37.7 Å². The van der Waals surface area contributed by atoms with E-state index in [1.165, 1.54) is 5.56 Å². The summed E-state index contributed by atoms with van der Waals surface area (Å²) in [5, 5.41) is 11.7. The summed E-state index contributed by atoms with van der Waals surface area (Å²) >= 11 is 0. The second-order valence-corrected chi connectivity index (χ2v) is 9.80. The van der Waals surface area contributed by atoms with Gasteiger partial charge in [0.2, 0.25) is 5.91 Å². The number of aromatic nitrogens is 1. The van der Waals surface area contributed by atoms with E-state index in [-0.39, 0.29) is 31.5 Å². The number of ether oxygens (including phenoxy) is 1. The van der Waals surface area contributed by atoms with Crippen LogP contribution in [0.3, 0.4) is 0 Å². The average molecular weight is 488 g/mol. The Labute approximate surface area is 205 Å². The van der Waals surface area contributed by atoms with Gasteiger partial charge in [-0.05, 0) is 61.8 Å². The Bertz CT molecular complexity index is 969. The number of nitrogens with zero attached hydrogens (tertiary/aromatic N) is 2. The van der Waals surface area contributed by atoms with Gasteiger partial charge in [-0.1, -0.05) is 24.3 Å². The molecule has 4 rings (SSSR count). The van der Waals surface area contributed by atoms with E-state index >= 15 is 0 Å². The summed E-state index contributed by atoms with van der Waals surface area (Å²) in [4.78, 5) is 19.0. The number of hydrogen-bond acceptors (Lipinski definition) is 5. The first kappa shape index (κ1) is 25.4. The van der Waals surface area contributed by atoms with Crippen LogP contribution in [0.2, 0.25) is 0 Å². The van der Waals surface area contributed by atoms with Crippen molar-refractivity contribution < 1.29 is 23.4 Å². The minimum Gasteiger partial charge on any atom is -0.491 e. The highest BCUT2D eigenvalue weighted by atomic mass is 19.3. The van der Waals surface area contributed by atoms with E-state index in [1.807, 2.05) is 31.2 Å². The Morgan fingerprint density at radius 3 is 2.71 bits per heavy atom. The van der Waals surface area contributed by atoms with Gasteiger partial charge in [-0.15, -0.1) is 0 Å². The molecule has 8 heteroatoms. The van der Waals surface area contributed by atoms with E-state index < -0.39 is 11.8 Å². The van der Waals surface area contributed by atoms with Crippen LogP contribution in [0.4, 0.5) is 14.6 Å². The first-order valence-corrected chi connectivity index (χ1v) is 12.5. The number of carbonyl (C=O) groups is 1. The fourth-order valence-electron chi connectivity index (χ4n) is 4.51. The number of aryl methyl sites for hydroxylation is 1. The van der Waals surface area contributed by atoms with Crippen molar-refractivity contribution in [1.29, 1.82) is 0 Å². The van der Waals surface area contributed by atoms with Gasteiger partial charge in [0.25, 0.3) is 5.92 Å². The molecule has 0 radical (unpaired) electrons. The molecular weight excluding hydrogens is 452 g/mol. The van der Waals surface area contributed by atoms with Crippen molar-refractivity contribution in [3.63, 3.8) is 0 Å². The summed E-state index contributed by atoms with van der Waals surface area (Å²) in [7, 11) is 0. The number of alkyl halides is 2. The summed E-state index contributed by atoms with van der Waals surface area (Å²) in [6.07, 6.45) is 5.29.